The average molecular weight is 162 g/mol. The van der Waals surface area contributed by atoms with Crippen molar-refractivity contribution >= 4 is 0 Å². The molecule has 0 spiro atoms. The maximum Gasteiger partial charge on any atom is 0.0179 e. The van der Waals surface area contributed by atoms with Gasteiger partial charge >= 0.3 is 0 Å². The van der Waals surface area contributed by atoms with Crippen molar-refractivity contribution in [3.63, 3.8) is 0 Å². The fraction of sp³-hybridized carbons (Fsp3) is 0.400. The monoisotopic (exact) mass is 162 g/mol. The van der Waals surface area contributed by atoms with Gasteiger partial charge in [-0.2, -0.15) is 0 Å². The number of hydrogen-bond donors (Lipinski definition) is 2. The second kappa shape index (κ2) is 3.15. The Hall–Kier alpha value is -1.02. The van der Waals surface area contributed by atoms with Crippen LogP contribution in [0.4, 0.5) is 0 Å². The summed E-state index contributed by atoms with van der Waals surface area (Å²) in [6.07, 6.45) is 12.5. The summed E-state index contributed by atoms with van der Waals surface area (Å²) in [5.41, 5.74) is 7.03. The molecule has 0 atom stereocenters. The van der Waals surface area contributed by atoms with Crippen LogP contribution in [0, 0.1) is 5.92 Å². The van der Waals surface area contributed by atoms with Gasteiger partial charge in [0, 0.05) is 23.9 Å². The molecular formula is C10H14N2. The van der Waals surface area contributed by atoms with Crippen LogP contribution in [0.5, 0.6) is 0 Å². The molecule has 2 nitrogen and oxygen atoms in total. The molecule has 0 bridgehead atoms. The van der Waals surface area contributed by atoms with Gasteiger partial charge in [0.05, 0.1) is 0 Å². The fourth-order valence-electron chi connectivity index (χ4n) is 1.64. The highest BCUT2D eigenvalue weighted by Crippen LogP contribution is 2.31. The van der Waals surface area contributed by atoms with Gasteiger partial charge < -0.3 is 11.1 Å². The molecule has 1 heterocycles. The third-order valence-electron chi connectivity index (χ3n) is 2.46. The van der Waals surface area contributed by atoms with Gasteiger partial charge in [-0.05, 0) is 25.0 Å². The lowest BCUT2D eigenvalue weighted by atomic mass is 9.78. The van der Waals surface area contributed by atoms with Crippen molar-refractivity contribution in [1.29, 1.82) is 0 Å². The Morgan fingerprint density at radius 3 is 2.83 bits per heavy atom. The molecule has 3 N–H and O–H groups in total. The van der Waals surface area contributed by atoms with Gasteiger partial charge in [-0.1, -0.05) is 12.2 Å². The number of nitrogens with two attached hydrogens (primary N) is 1. The SMILES string of the molecule is NC1CC(C2=CC=CC=CN2)C1. The molecule has 2 rings (SSSR count). The molecule has 0 saturated heterocycles. The first kappa shape index (κ1) is 7.62. The Kier molecular flexibility index (Phi) is 2.00. The Labute approximate surface area is 72.8 Å². The van der Waals surface area contributed by atoms with E-state index >= 15 is 0 Å². The molecule has 0 amide bonds. The van der Waals surface area contributed by atoms with Crippen molar-refractivity contribution in [2.75, 3.05) is 0 Å². The van der Waals surface area contributed by atoms with E-state index < -0.39 is 0 Å². The van der Waals surface area contributed by atoms with Gasteiger partial charge in [0.1, 0.15) is 0 Å². The molecule has 1 fully saturated rings. The molecule has 1 saturated carbocycles. The van der Waals surface area contributed by atoms with Crippen LogP contribution in [0.25, 0.3) is 0 Å². The second-order valence-corrected chi connectivity index (χ2v) is 3.44. The molecular weight excluding hydrogens is 148 g/mol. The summed E-state index contributed by atoms with van der Waals surface area (Å²) in [6, 6.07) is 0.425. The van der Waals surface area contributed by atoms with Crippen LogP contribution in [-0.4, -0.2) is 6.04 Å². The molecule has 64 valence electrons. The van der Waals surface area contributed by atoms with E-state index in [1.54, 1.807) is 0 Å². The van der Waals surface area contributed by atoms with Crippen LogP contribution in [0.3, 0.4) is 0 Å². The smallest absolute Gasteiger partial charge is 0.0179 e. The predicted octanol–water partition coefficient (Wildman–Crippen LogP) is 1.28. The lowest BCUT2D eigenvalue weighted by Gasteiger charge is -2.34. The normalized spacial score (nSPS) is 33.2. The van der Waals surface area contributed by atoms with E-state index in [0.29, 0.717) is 12.0 Å². The lowest BCUT2D eigenvalue weighted by Crippen LogP contribution is -2.39. The zero-order valence-corrected chi connectivity index (χ0v) is 7.03. The van der Waals surface area contributed by atoms with E-state index in [9.17, 15) is 0 Å². The van der Waals surface area contributed by atoms with E-state index in [-0.39, 0.29) is 0 Å². The molecule has 0 radical (unpaired) electrons. The largest absolute Gasteiger partial charge is 0.365 e. The second-order valence-electron chi connectivity index (χ2n) is 3.44. The van der Waals surface area contributed by atoms with Crippen molar-refractivity contribution in [1.82, 2.24) is 5.32 Å². The van der Waals surface area contributed by atoms with E-state index in [2.05, 4.69) is 17.5 Å². The molecule has 0 aromatic heterocycles. The zero-order valence-electron chi connectivity index (χ0n) is 7.03. The molecule has 1 aliphatic heterocycles. The molecule has 0 aromatic rings. The quantitative estimate of drug-likeness (QED) is 0.609. The molecule has 0 aromatic carbocycles. The summed E-state index contributed by atoms with van der Waals surface area (Å²) in [7, 11) is 0. The minimum atomic E-state index is 0.425. The number of allylic oxidation sites excluding steroid dienone is 5. The topological polar surface area (TPSA) is 38.0 Å². The summed E-state index contributed by atoms with van der Waals surface area (Å²) >= 11 is 0. The van der Waals surface area contributed by atoms with E-state index in [0.717, 1.165) is 12.8 Å². The van der Waals surface area contributed by atoms with Gasteiger partial charge in [0.15, 0.2) is 0 Å². The number of hydrogen-bond acceptors (Lipinski definition) is 2. The van der Waals surface area contributed by atoms with E-state index in [1.807, 2.05) is 18.4 Å². The van der Waals surface area contributed by atoms with Crippen LogP contribution in [0.2, 0.25) is 0 Å². The van der Waals surface area contributed by atoms with Gasteiger partial charge in [-0.25, -0.2) is 0 Å². The van der Waals surface area contributed by atoms with Crippen LogP contribution in [-0.2, 0) is 0 Å². The first-order chi connectivity index (χ1) is 5.86. The predicted molar refractivity (Wildman–Crippen MR) is 50.2 cm³/mol. The summed E-state index contributed by atoms with van der Waals surface area (Å²) in [5.74, 6) is 0.660. The first-order valence-electron chi connectivity index (χ1n) is 4.42. The standard InChI is InChI=1S/C10H14N2/c11-9-6-8(7-9)10-4-2-1-3-5-12-10/h1-5,8-9,12H,6-7,11H2. The Bertz CT molecular complexity index is 245. The first-order valence-corrected chi connectivity index (χ1v) is 4.42. The van der Waals surface area contributed by atoms with Crippen LogP contribution < -0.4 is 11.1 Å². The molecule has 1 aliphatic carbocycles. The minimum absolute atomic E-state index is 0.425. The van der Waals surface area contributed by atoms with Gasteiger partial charge in [0.25, 0.3) is 0 Å². The Morgan fingerprint density at radius 2 is 2.08 bits per heavy atom. The van der Waals surface area contributed by atoms with Crippen LogP contribution in [0.1, 0.15) is 12.8 Å². The summed E-state index contributed by atoms with van der Waals surface area (Å²) in [5, 5.41) is 3.27. The molecule has 12 heavy (non-hydrogen) atoms. The Morgan fingerprint density at radius 1 is 1.25 bits per heavy atom. The zero-order chi connectivity index (χ0) is 8.39. The Balaban J connectivity index is 1.99. The highest BCUT2D eigenvalue weighted by molar-refractivity contribution is 5.24. The van der Waals surface area contributed by atoms with Crippen molar-refractivity contribution in [3.05, 3.63) is 36.2 Å². The molecule has 0 unspecified atom stereocenters. The van der Waals surface area contributed by atoms with Crippen molar-refractivity contribution in [2.24, 2.45) is 11.7 Å². The maximum atomic E-state index is 5.72. The van der Waals surface area contributed by atoms with Crippen molar-refractivity contribution in [3.8, 4) is 0 Å². The van der Waals surface area contributed by atoms with E-state index in [4.69, 9.17) is 5.73 Å². The fourth-order valence-corrected chi connectivity index (χ4v) is 1.64. The highest BCUT2D eigenvalue weighted by atomic mass is 14.9. The average Bonchev–Trinajstić information content (AvgIpc) is 2.26. The minimum Gasteiger partial charge on any atom is -0.365 e. The summed E-state index contributed by atoms with van der Waals surface area (Å²) in [6.45, 7) is 0. The number of nitrogens with one attached hydrogen (secondary N) is 1. The third kappa shape index (κ3) is 1.43. The lowest BCUT2D eigenvalue weighted by molar-refractivity contribution is 0.300. The van der Waals surface area contributed by atoms with Crippen molar-refractivity contribution < 1.29 is 0 Å². The van der Waals surface area contributed by atoms with Gasteiger partial charge in [0.2, 0.25) is 0 Å². The molecule has 2 heteroatoms. The van der Waals surface area contributed by atoms with Gasteiger partial charge in [-0.15, -0.1) is 0 Å². The van der Waals surface area contributed by atoms with Gasteiger partial charge in [-0.3, -0.25) is 0 Å². The maximum absolute atomic E-state index is 5.72. The van der Waals surface area contributed by atoms with E-state index in [1.165, 1.54) is 5.70 Å². The third-order valence-corrected chi connectivity index (χ3v) is 2.46. The van der Waals surface area contributed by atoms with Crippen LogP contribution >= 0.6 is 0 Å². The number of rotatable bonds is 1. The van der Waals surface area contributed by atoms with Crippen molar-refractivity contribution in [2.45, 2.75) is 18.9 Å². The molecule has 2 aliphatic rings. The van der Waals surface area contributed by atoms with Crippen LogP contribution in [0.15, 0.2) is 36.2 Å². The summed E-state index contributed by atoms with van der Waals surface area (Å²) < 4.78 is 0. The highest BCUT2D eigenvalue weighted by Gasteiger charge is 2.28. The summed E-state index contributed by atoms with van der Waals surface area (Å²) in [4.78, 5) is 0.